The number of hydrogen-bond acceptors (Lipinski definition) is 3. The molecule has 1 aromatic rings. The molecule has 4 nitrogen and oxygen atoms in total. The lowest BCUT2D eigenvalue weighted by Crippen LogP contribution is -2.38. The summed E-state index contributed by atoms with van der Waals surface area (Å²) in [4.78, 5) is 23.3. The molecule has 1 rings (SSSR count). The van der Waals surface area contributed by atoms with Gasteiger partial charge in [-0.05, 0) is 31.1 Å². The molecule has 2 atom stereocenters. The molecule has 0 bridgehead atoms. The first-order valence-corrected chi connectivity index (χ1v) is 8.75. The van der Waals surface area contributed by atoms with E-state index >= 15 is 0 Å². The highest BCUT2D eigenvalue weighted by Gasteiger charge is 2.20. The van der Waals surface area contributed by atoms with Crippen LogP contribution in [0.25, 0.3) is 0 Å². The second kappa shape index (κ2) is 10.3. The third-order valence-corrected chi connectivity index (χ3v) is 4.67. The fourth-order valence-corrected chi connectivity index (χ4v) is 3.04. The molecule has 5 heteroatoms. The van der Waals surface area contributed by atoms with Gasteiger partial charge < -0.3 is 10.4 Å². The van der Waals surface area contributed by atoms with Crippen LogP contribution >= 0.6 is 11.8 Å². The number of benzene rings is 1. The highest BCUT2D eigenvalue weighted by Crippen LogP contribution is 2.13. The third kappa shape index (κ3) is 6.98. The number of carboxylic acids is 1. The molecule has 0 aromatic heterocycles. The van der Waals surface area contributed by atoms with E-state index < -0.39 is 11.9 Å². The van der Waals surface area contributed by atoms with E-state index in [-0.39, 0.29) is 17.7 Å². The molecule has 1 amide bonds. The van der Waals surface area contributed by atoms with Crippen molar-refractivity contribution in [2.24, 2.45) is 5.92 Å². The van der Waals surface area contributed by atoms with Crippen LogP contribution in [0.3, 0.4) is 0 Å². The molecule has 2 unspecified atom stereocenters. The van der Waals surface area contributed by atoms with Gasteiger partial charge in [-0.2, -0.15) is 0 Å². The quantitative estimate of drug-likeness (QED) is 0.650. The number of rotatable bonds is 10. The van der Waals surface area contributed by atoms with Crippen molar-refractivity contribution in [3.8, 4) is 0 Å². The highest BCUT2D eigenvalue weighted by atomic mass is 32.2. The van der Waals surface area contributed by atoms with Crippen LogP contribution in [0.4, 0.5) is 0 Å². The molecule has 0 fully saturated rings. The number of thioether (sulfide) groups is 1. The Morgan fingerprint density at radius 2 is 1.95 bits per heavy atom. The largest absolute Gasteiger partial charge is 0.481 e. The summed E-state index contributed by atoms with van der Waals surface area (Å²) in [5, 5.41) is 11.9. The van der Waals surface area contributed by atoms with E-state index in [1.807, 2.05) is 37.3 Å². The SMILES string of the molecule is CCCCSC(C)C(=O)NCC(Cc1ccccc1)C(=O)O. The topological polar surface area (TPSA) is 66.4 Å². The van der Waals surface area contributed by atoms with E-state index in [9.17, 15) is 14.7 Å². The molecule has 1 aromatic carbocycles. The zero-order chi connectivity index (χ0) is 16.4. The molecule has 0 saturated heterocycles. The van der Waals surface area contributed by atoms with E-state index in [2.05, 4.69) is 12.2 Å². The predicted octanol–water partition coefficient (Wildman–Crippen LogP) is 2.97. The van der Waals surface area contributed by atoms with E-state index in [1.54, 1.807) is 11.8 Å². The van der Waals surface area contributed by atoms with Gasteiger partial charge >= 0.3 is 5.97 Å². The van der Waals surface area contributed by atoms with Crippen molar-refractivity contribution in [1.29, 1.82) is 0 Å². The fourth-order valence-electron chi connectivity index (χ4n) is 1.99. The Bertz CT molecular complexity index is 464. The van der Waals surface area contributed by atoms with Crippen molar-refractivity contribution < 1.29 is 14.7 Å². The van der Waals surface area contributed by atoms with Crippen molar-refractivity contribution in [2.45, 2.75) is 38.4 Å². The van der Waals surface area contributed by atoms with Gasteiger partial charge in [0.15, 0.2) is 0 Å². The van der Waals surface area contributed by atoms with Gasteiger partial charge in [0.2, 0.25) is 5.91 Å². The number of unbranched alkanes of at least 4 members (excludes halogenated alkanes) is 1. The maximum Gasteiger partial charge on any atom is 0.308 e. The van der Waals surface area contributed by atoms with Crippen LogP contribution in [0.15, 0.2) is 30.3 Å². The average molecular weight is 323 g/mol. The Balaban J connectivity index is 2.44. The Morgan fingerprint density at radius 1 is 1.27 bits per heavy atom. The van der Waals surface area contributed by atoms with Crippen LogP contribution in [-0.4, -0.2) is 34.5 Å². The predicted molar refractivity (Wildman–Crippen MR) is 91.1 cm³/mol. The summed E-state index contributed by atoms with van der Waals surface area (Å²) in [5.41, 5.74) is 0.967. The van der Waals surface area contributed by atoms with Gasteiger partial charge in [0.1, 0.15) is 0 Å². The zero-order valence-corrected chi connectivity index (χ0v) is 14.1. The Labute approximate surface area is 136 Å². The molecular weight excluding hydrogens is 298 g/mol. The second-order valence-electron chi connectivity index (χ2n) is 5.34. The smallest absolute Gasteiger partial charge is 0.308 e. The summed E-state index contributed by atoms with van der Waals surface area (Å²) >= 11 is 1.61. The number of amides is 1. The van der Waals surface area contributed by atoms with Crippen LogP contribution in [0.1, 0.15) is 32.3 Å². The van der Waals surface area contributed by atoms with Crippen LogP contribution in [0.5, 0.6) is 0 Å². The van der Waals surface area contributed by atoms with E-state index in [1.165, 1.54) is 0 Å². The highest BCUT2D eigenvalue weighted by molar-refractivity contribution is 8.00. The summed E-state index contributed by atoms with van der Waals surface area (Å²) < 4.78 is 0. The third-order valence-electron chi connectivity index (χ3n) is 3.43. The van der Waals surface area contributed by atoms with Crippen molar-refractivity contribution in [1.82, 2.24) is 5.32 Å². The minimum absolute atomic E-state index is 0.0829. The molecule has 2 N–H and O–H groups in total. The van der Waals surface area contributed by atoms with Gasteiger partial charge in [-0.3, -0.25) is 9.59 Å². The van der Waals surface area contributed by atoms with Gasteiger partial charge in [-0.1, -0.05) is 43.7 Å². The second-order valence-corrected chi connectivity index (χ2v) is 6.79. The number of carbonyl (C=O) groups excluding carboxylic acids is 1. The Hall–Kier alpha value is -1.49. The van der Waals surface area contributed by atoms with Gasteiger partial charge in [0, 0.05) is 6.54 Å². The molecule has 0 heterocycles. The maximum absolute atomic E-state index is 12.0. The van der Waals surface area contributed by atoms with Crippen molar-refractivity contribution in [3.05, 3.63) is 35.9 Å². The fraction of sp³-hybridized carbons (Fsp3) is 0.529. The van der Waals surface area contributed by atoms with Crippen LogP contribution < -0.4 is 5.32 Å². The Morgan fingerprint density at radius 3 is 2.55 bits per heavy atom. The first-order chi connectivity index (χ1) is 10.5. The molecule has 22 heavy (non-hydrogen) atoms. The molecule has 0 spiro atoms. The lowest BCUT2D eigenvalue weighted by atomic mass is 9.99. The average Bonchev–Trinajstić information content (AvgIpc) is 2.51. The summed E-state index contributed by atoms with van der Waals surface area (Å²) in [6, 6.07) is 9.48. The summed E-state index contributed by atoms with van der Waals surface area (Å²) in [7, 11) is 0. The first-order valence-electron chi connectivity index (χ1n) is 7.70. The van der Waals surface area contributed by atoms with Gasteiger partial charge in [0.05, 0.1) is 11.2 Å². The lowest BCUT2D eigenvalue weighted by Gasteiger charge is -2.16. The van der Waals surface area contributed by atoms with Gasteiger partial charge in [0.25, 0.3) is 0 Å². The lowest BCUT2D eigenvalue weighted by molar-refractivity contribution is -0.141. The molecule has 0 radical (unpaired) electrons. The maximum atomic E-state index is 12.0. The van der Waals surface area contributed by atoms with Gasteiger partial charge in [-0.25, -0.2) is 0 Å². The van der Waals surface area contributed by atoms with Crippen molar-refractivity contribution in [3.63, 3.8) is 0 Å². The van der Waals surface area contributed by atoms with Crippen LogP contribution in [-0.2, 0) is 16.0 Å². The minimum atomic E-state index is -0.879. The summed E-state index contributed by atoms with van der Waals surface area (Å²) in [6.07, 6.45) is 2.63. The van der Waals surface area contributed by atoms with E-state index in [0.717, 1.165) is 24.2 Å². The number of nitrogens with one attached hydrogen (secondary N) is 1. The molecule has 0 aliphatic carbocycles. The molecule has 0 aliphatic rings. The van der Waals surface area contributed by atoms with Gasteiger partial charge in [-0.15, -0.1) is 11.8 Å². The first kappa shape index (κ1) is 18.6. The van der Waals surface area contributed by atoms with E-state index in [0.29, 0.717) is 6.42 Å². The molecule has 0 saturated carbocycles. The monoisotopic (exact) mass is 323 g/mol. The van der Waals surface area contributed by atoms with Crippen LogP contribution in [0, 0.1) is 5.92 Å². The van der Waals surface area contributed by atoms with E-state index in [4.69, 9.17) is 0 Å². The number of carbonyl (C=O) groups is 2. The minimum Gasteiger partial charge on any atom is -0.481 e. The number of aliphatic carboxylic acids is 1. The van der Waals surface area contributed by atoms with Crippen LogP contribution in [0.2, 0.25) is 0 Å². The standard InChI is InChI=1S/C17H25NO3S/c1-3-4-10-22-13(2)16(19)18-12-15(17(20)21)11-14-8-6-5-7-9-14/h5-9,13,15H,3-4,10-12H2,1-2H3,(H,18,19)(H,20,21). The zero-order valence-electron chi connectivity index (χ0n) is 13.2. The number of carboxylic acid groups (broad SMARTS) is 1. The molecule has 122 valence electrons. The van der Waals surface area contributed by atoms with Crippen molar-refractivity contribution in [2.75, 3.05) is 12.3 Å². The molecular formula is C17H25NO3S. The molecule has 0 aliphatic heterocycles. The van der Waals surface area contributed by atoms with Crippen molar-refractivity contribution >= 4 is 23.6 Å². The summed E-state index contributed by atoms with van der Waals surface area (Å²) in [6.45, 7) is 4.15. The normalized spacial score (nSPS) is 13.4. The Kier molecular flexibility index (Phi) is 8.67. The number of hydrogen-bond donors (Lipinski definition) is 2. The summed E-state index contributed by atoms with van der Waals surface area (Å²) in [5.74, 6) is -0.604.